The second kappa shape index (κ2) is 6.47. The number of nitrogens with zero attached hydrogens (tertiary/aromatic N) is 1. The summed E-state index contributed by atoms with van der Waals surface area (Å²) in [5, 5.41) is 0. The molecule has 3 rings (SSSR count). The molecule has 0 bridgehead atoms. The molecule has 1 heterocycles. The summed E-state index contributed by atoms with van der Waals surface area (Å²) < 4.78 is 5.98. The van der Waals surface area contributed by atoms with Gasteiger partial charge >= 0.3 is 0 Å². The number of hydrogen-bond acceptors (Lipinski definition) is 3. The van der Waals surface area contributed by atoms with Crippen LogP contribution >= 0.6 is 0 Å². The van der Waals surface area contributed by atoms with Crippen LogP contribution in [0.15, 0.2) is 30.3 Å². The zero-order valence-electron chi connectivity index (χ0n) is 13.1. The summed E-state index contributed by atoms with van der Waals surface area (Å²) >= 11 is 0. The summed E-state index contributed by atoms with van der Waals surface area (Å²) in [7, 11) is 0. The molecule has 0 amide bonds. The Morgan fingerprint density at radius 1 is 1.29 bits per heavy atom. The SMILES string of the molecule is CCC(CN)(Cc1ccccc1)N1CCOC2CCCC21. The van der Waals surface area contributed by atoms with Gasteiger partial charge < -0.3 is 10.5 Å². The first-order valence-corrected chi connectivity index (χ1v) is 8.41. The van der Waals surface area contributed by atoms with Gasteiger partial charge in [0.15, 0.2) is 0 Å². The lowest BCUT2D eigenvalue weighted by molar-refractivity contribution is -0.0986. The van der Waals surface area contributed by atoms with Crippen molar-refractivity contribution in [3.63, 3.8) is 0 Å². The van der Waals surface area contributed by atoms with Crippen molar-refractivity contribution >= 4 is 0 Å². The Kier molecular flexibility index (Phi) is 4.63. The first-order valence-electron chi connectivity index (χ1n) is 8.41. The first-order chi connectivity index (χ1) is 10.3. The van der Waals surface area contributed by atoms with Crippen LogP contribution in [0, 0.1) is 0 Å². The van der Waals surface area contributed by atoms with E-state index in [0.29, 0.717) is 12.1 Å². The average Bonchev–Trinajstić information content (AvgIpc) is 3.02. The van der Waals surface area contributed by atoms with Gasteiger partial charge in [-0.15, -0.1) is 0 Å². The van der Waals surface area contributed by atoms with E-state index in [1.807, 2.05) is 0 Å². The maximum absolute atomic E-state index is 6.30. The zero-order chi connectivity index (χ0) is 14.7. The normalized spacial score (nSPS) is 29.0. The molecule has 1 aromatic carbocycles. The third-order valence-corrected chi connectivity index (χ3v) is 5.51. The van der Waals surface area contributed by atoms with Gasteiger partial charge in [-0.05, 0) is 37.7 Å². The van der Waals surface area contributed by atoms with Crippen molar-refractivity contribution < 1.29 is 4.74 Å². The predicted molar refractivity (Wildman–Crippen MR) is 86.3 cm³/mol. The van der Waals surface area contributed by atoms with Crippen LogP contribution < -0.4 is 5.73 Å². The number of ether oxygens (including phenoxy) is 1. The summed E-state index contributed by atoms with van der Waals surface area (Å²) in [5.74, 6) is 0. The highest BCUT2D eigenvalue weighted by atomic mass is 16.5. The number of fused-ring (bicyclic) bond motifs is 1. The zero-order valence-corrected chi connectivity index (χ0v) is 13.1. The lowest BCUT2D eigenvalue weighted by atomic mass is 9.84. The van der Waals surface area contributed by atoms with Crippen LogP contribution in [0.1, 0.15) is 38.2 Å². The lowest BCUT2D eigenvalue weighted by Crippen LogP contribution is -2.63. The molecule has 2 fully saturated rings. The average molecular weight is 288 g/mol. The van der Waals surface area contributed by atoms with Crippen LogP contribution in [0.25, 0.3) is 0 Å². The fourth-order valence-electron chi connectivity index (χ4n) is 4.25. The molecule has 116 valence electrons. The van der Waals surface area contributed by atoms with E-state index in [0.717, 1.165) is 32.5 Å². The van der Waals surface area contributed by atoms with Crippen molar-refractivity contribution in [1.29, 1.82) is 0 Å². The van der Waals surface area contributed by atoms with Crippen LogP contribution in [0.5, 0.6) is 0 Å². The molecule has 1 aliphatic heterocycles. The maximum Gasteiger partial charge on any atom is 0.0731 e. The molecule has 0 spiro atoms. The topological polar surface area (TPSA) is 38.5 Å². The van der Waals surface area contributed by atoms with Crippen molar-refractivity contribution in [3.8, 4) is 0 Å². The smallest absolute Gasteiger partial charge is 0.0731 e. The molecule has 2 aliphatic rings. The summed E-state index contributed by atoms with van der Waals surface area (Å²) in [6.07, 6.45) is 6.36. The van der Waals surface area contributed by atoms with Crippen LogP contribution in [0.4, 0.5) is 0 Å². The van der Waals surface area contributed by atoms with E-state index < -0.39 is 0 Å². The Morgan fingerprint density at radius 3 is 2.81 bits per heavy atom. The Labute approximate surface area is 128 Å². The number of nitrogens with two attached hydrogens (primary N) is 1. The number of morpholine rings is 1. The quantitative estimate of drug-likeness (QED) is 0.905. The van der Waals surface area contributed by atoms with E-state index in [4.69, 9.17) is 10.5 Å². The van der Waals surface area contributed by atoms with Crippen molar-refractivity contribution in [1.82, 2.24) is 4.90 Å². The third-order valence-electron chi connectivity index (χ3n) is 5.51. The van der Waals surface area contributed by atoms with E-state index in [-0.39, 0.29) is 5.54 Å². The van der Waals surface area contributed by atoms with Crippen molar-refractivity contribution in [2.45, 2.75) is 56.7 Å². The van der Waals surface area contributed by atoms with E-state index >= 15 is 0 Å². The van der Waals surface area contributed by atoms with Crippen LogP contribution in [0.2, 0.25) is 0 Å². The van der Waals surface area contributed by atoms with E-state index in [2.05, 4.69) is 42.2 Å². The highest BCUT2D eigenvalue weighted by Crippen LogP contribution is 2.36. The Morgan fingerprint density at radius 2 is 2.10 bits per heavy atom. The molecule has 3 nitrogen and oxygen atoms in total. The summed E-state index contributed by atoms with van der Waals surface area (Å²) in [5.41, 5.74) is 7.77. The lowest BCUT2D eigenvalue weighted by Gasteiger charge is -2.50. The molecular formula is C18H28N2O. The van der Waals surface area contributed by atoms with Gasteiger partial charge in [-0.2, -0.15) is 0 Å². The van der Waals surface area contributed by atoms with Crippen LogP contribution in [0.3, 0.4) is 0 Å². The number of hydrogen-bond donors (Lipinski definition) is 1. The molecule has 3 atom stereocenters. The summed E-state index contributed by atoms with van der Waals surface area (Å²) in [6.45, 7) is 4.90. The minimum Gasteiger partial charge on any atom is -0.375 e. The molecule has 1 aliphatic carbocycles. The second-order valence-corrected chi connectivity index (χ2v) is 6.55. The minimum absolute atomic E-state index is 0.0817. The Hall–Kier alpha value is -0.900. The third kappa shape index (κ3) is 2.87. The van der Waals surface area contributed by atoms with Gasteiger partial charge in [-0.3, -0.25) is 4.90 Å². The van der Waals surface area contributed by atoms with Gasteiger partial charge in [0.1, 0.15) is 0 Å². The van der Waals surface area contributed by atoms with Crippen LogP contribution in [-0.2, 0) is 11.2 Å². The van der Waals surface area contributed by atoms with Gasteiger partial charge in [0, 0.05) is 24.7 Å². The minimum atomic E-state index is 0.0817. The first kappa shape index (κ1) is 15.0. The monoisotopic (exact) mass is 288 g/mol. The van der Waals surface area contributed by atoms with Gasteiger partial charge in [0.2, 0.25) is 0 Å². The number of rotatable bonds is 5. The number of benzene rings is 1. The fourth-order valence-corrected chi connectivity index (χ4v) is 4.25. The molecular weight excluding hydrogens is 260 g/mol. The van der Waals surface area contributed by atoms with Crippen LogP contribution in [-0.4, -0.2) is 42.3 Å². The molecule has 1 aromatic rings. The van der Waals surface area contributed by atoms with Crippen molar-refractivity contribution in [2.24, 2.45) is 5.73 Å². The van der Waals surface area contributed by atoms with E-state index in [1.165, 1.54) is 24.8 Å². The highest BCUT2D eigenvalue weighted by Gasteiger charge is 2.45. The maximum atomic E-state index is 6.30. The van der Waals surface area contributed by atoms with Crippen molar-refractivity contribution in [3.05, 3.63) is 35.9 Å². The van der Waals surface area contributed by atoms with Gasteiger partial charge in [0.25, 0.3) is 0 Å². The molecule has 0 radical (unpaired) electrons. The van der Waals surface area contributed by atoms with Crippen molar-refractivity contribution in [2.75, 3.05) is 19.7 Å². The van der Waals surface area contributed by atoms with Gasteiger partial charge in [0.05, 0.1) is 12.7 Å². The standard InChI is InChI=1S/C18H28N2O/c1-2-18(14-19,13-15-7-4-3-5-8-15)20-11-12-21-17-10-6-9-16(17)20/h3-5,7-8,16-17H,2,6,9-14,19H2,1H3. The molecule has 1 saturated heterocycles. The molecule has 21 heavy (non-hydrogen) atoms. The van der Waals surface area contributed by atoms with E-state index in [9.17, 15) is 0 Å². The molecule has 0 aromatic heterocycles. The second-order valence-electron chi connectivity index (χ2n) is 6.55. The molecule has 2 N–H and O–H groups in total. The fraction of sp³-hybridized carbons (Fsp3) is 0.667. The van der Waals surface area contributed by atoms with Gasteiger partial charge in [-0.1, -0.05) is 37.3 Å². The Balaban J connectivity index is 1.85. The predicted octanol–water partition coefficient (Wildman–Crippen LogP) is 2.59. The molecule has 1 saturated carbocycles. The largest absolute Gasteiger partial charge is 0.375 e. The van der Waals surface area contributed by atoms with E-state index in [1.54, 1.807) is 0 Å². The molecule has 3 unspecified atom stereocenters. The molecule has 3 heteroatoms. The summed E-state index contributed by atoms with van der Waals surface area (Å²) in [4.78, 5) is 2.70. The highest BCUT2D eigenvalue weighted by molar-refractivity contribution is 5.19. The Bertz CT molecular complexity index is 444. The summed E-state index contributed by atoms with van der Waals surface area (Å²) in [6, 6.07) is 11.4. The van der Waals surface area contributed by atoms with Gasteiger partial charge in [-0.25, -0.2) is 0 Å².